The van der Waals surface area contributed by atoms with Gasteiger partial charge < -0.3 is 10.1 Å². The molecule has 1 aliphatic rings. The Morgan fingerprint density at radius 3 is 2.84 bits per heavy atom. The summed E-state index contributed by atoms with van der Waals surface area (Å²) in [6.07, 6.45) is 2.98. The zero-order valence-corrected chi connectivity index (χ0v) is 11.9. The smallest absolute Gasteiger partial charge is 0.238 e. The lowest BCUT2D eigenvalue weighted by Gasteiger charge is -2.19. The maximum absolute atomic E-state index is 11.5. The summed E-state index contributed by atoms with van der Waals surface area (Å²) in [6.45, 7) is 3.31. The molecule has 19 heavy (non-hydrogen) atoms. The lowest BCUT2D eigenvalue weighted by atomic mass is 10.1. The van der Waals surface area contributed by atoms with E-state index in [0.717, 1.165) is 38.2 Å². The number of rotatable bonds is 3. The number of nitrogens with two attached hydrogens (primary N) is 1. The second kappa shape index (κ2) is 5.90. The van der Waals surface area contributed by atoms with E-state index in [9.17, 15) is 8.42 Å². The van der Waals surface area contributed by atoms with Crippen molar-refractivity contribution < 1.29 is 13.2 Å². The van der Waals surface area contributed by atoms with Crippen LogP contribution in [0.15, 0.2) is 23.1 Å². The molecule has 0 radical (unpaired) electrons. The van der Waals surface area contributed by atoms with Gasteiger partial charge in [0, 0.05) is 24.9 Å². The first-order valence-corrected chi connectivity index (χ1v) is 8.00. The van der Waals surface area contributed by atoms with Crippen molar-refractivity contribution in [3.05, 3.63) is 23.8 Å². The van der Waals surface area contributed by atoms with Gasteiger partial charge in [0.2, 0.25) is 10.0 Å². The van der Waals surface area contributed by atoms with Gasteiger partial charge >= 0.3 is 0 Å². The number of nitrogens with one attached hydrogen (secondary N) is 1. The number of sulfonamides is 1. The summed E-state index contributed by atoms with van der Waals surface area (Å²) >= 11 is 0. The van der Waals surface area contributed by atoms with Crippen molar-refractivity contribution in [1.82, 2.24) is 0 Å². The third-order valence-corrected chi connectivity index (χ3v) is 4.46. The monoisotopic (exact) mass is 284 g/mol. The normalized spacial score (nSPS) is 20.8. The van der Waals surface area contributed by atoms with E-state index in [4.69, 9.17) is 9.88 Å². The first kappa shape index (κ1) is 14.3. The van der Waals surface area contributed by atoms with Crippen LogP contribution in [-0.4, -0.2) is 27.7 Å². The summed E-state index contributed by atoms with van der Waals surface area (Å²) in [4.78, 5) is 0.183. The van der Waals surface area contributed by atoms with Gasteiger partial charge in [0.15, 0.2) is 0 Å². The molecule has 0 saturated carbocycles. The van der Waals surface area contributed by atoms with Crippen LogP contribution in [0.2, 0.25) is 0 Å². The lowest BCUT2D eigenvalue weighted by Crippen LogP contribution is -2.21. The number of ether oxygens (including phenoxy) is 1. The van der Waals surface area contributed by atoms with E-state index < -0.39 is 10.0 Å². The number of hydrogen-bond donors (Lipinski definition) is 2. The fraction of sp³-hybridized carbons (Fsp3) is 0.538. The number of hydrogen-bond acceptors (Lipinski definition) is 4. The summed E-state index contributed by atoms with van der Waals surface area (Å²) in [7, 11) is -3.67. The molecule has 1 atom stereocenters. The predicted molar refractivity (Wildman–Crippen MR) is 74.6 cm³/mol. The van der Waals surface area contributed by atoms with Gasteiger partial charge in [-0.2, -0.15) is 0 Å². The molecule has 1 heterocycles. The molecule has 1 aliphatic heterocycles. The van der Waals surface area contributed by atoms with Crippen molar-refractivity contribution in [2.24, 2.45) is 5.14 Å². The van der Waals surface area contributed by atoms with E-state index in [1.807, 2.05) is 6.07 Å². The average Bonchev–Trinajstić information content (AvgIpc) is 2.59. The van der Waals surface area contributed by atoms with Crippen molar-refractivity contribution in [1.29, 1.82) is 0 Å². The predicted octanol–water partition coefficient (Wildman–Crippen LogP) is 1.62. The molecule has 0 spiro atoms. The Morgan fingerprint density at radius 1 is 1.32 bits per heavy atom. The summed E-state index contributed by atoms with van der Waals surface area (Å²) in [5.74, 6) is 0. The van der Waals surface area contributed by atoms with E-state index in [-0.39, 0.29) is 4.90 Å². The molecule has 0 amide bonds. The number of anilines is 1. The van der Waals surface area contributed by atoms with Crippen LogP contribution in [0, 0.1) is 6.92 Å². The van der Waals surface area contributed by atoms with Crippen molar-refractivity contribution in [2.45, 2.75) is 37.1 Å². The fourth-order valence-electron chi connectivity index (χ4n) is 2.35. The van der Waals surface area contributed by atoms with Gasteiger partial charge in [-0.05, 0) is 43.9 Å². The van der Waals surface area contributed by atoms with E-state index in [2.05, 4.69) is 5.32 Å². The molecule has 2 rings (SSSR count). The maximum Gasteiger partial charge on any atom is 0.238 e. The maximum atomic E-state index is 11.5. The molecule has 1 unspecified atom stereocenters. The Labute approximate surface area is 114 Å². The van der Waals surface area contributed by atoms with Gasteiger partial charge in [0.05, 0.1) is 4.90 Å². The fourth-order valence-corrected chi connectivity index (χ4v) is 3.15. The van der Waals surface area contributed by atoms with Crippen LogP contribution in [0.4, 0.5) is 5.69 Å². The Hall–Kier alpha value is -1.11. The average molecular weight is 284 g/mol. The van der Waals surface area contributed by atoms with Gasteiger partial charge in [-0.25, -0.2) is 13.6 Å². The van der Waals surface area contributed by atoms with Crippen molar-refractivity contribution in [3.63, 3.8) is 0 Å². The lowest BCUT2D eigenvalue weighted by molar-refractivity contribution is 0.144. The summed E-state index contributed by atoms with van der Waals surface area (Å²) in [6, 6.07) is 5.45. The third kappa shape index (κ3) is 3.68. The molecule has 1 saturated heterocycles. The van der Waals surface area contributed by atoms with Gasteiger partial charge in [-0.1, -0.05) is 6.07 Å². The van der Waals surface area contributed by atoms with Crippen LogP contribution in [0.5, 0.6) is 0 Å². The largest absolute Gasteiger partial charge is 0.382 e. The first-order chi connectivity index (χ1) is 8.98. The summed E-state index contributed by atoms with van der Waals surface area (Å²) < 4.78 is 28.4. The minimum Gasteiger partial charge on any atom is -0.382 e. The molecule has 1 aromatic carbocycles. The molecule has 1 fully saturated rings. The van der Waals surface area contributed by atoms with E-state index in [1.54, 1.807) is 13.0 Å². The molecular weight excluding hydrogens is 264 g/mol. The molecular formula is C13H20N2O3S. The second-order valence-corrected chi connectivity index (χ2v) is 6.39. The van der Waals surface area contributed by atoms with Gasteiger partial charge in [0.25, 0.3) is 0 Å². The van der Waals surface area contributed by atoms with Crippen LogP contribution in [-0.2, 0) is 14.8 Å². The zero-order valence-electron chi connectivity index (χ0n) is 11.1. The molecule has 5 nitrogen and oxygen atoms in total. The van der Waals surface area contributed by atoms with E-state index in [0.29, 0.717) is 11.6 Å². The number of primary sulfonamides is 1. The van der Waals surface area contributed by atoms with Crippen molar-refractivity contribution >= 4 is 15.7 Å². The van der Waals surface area contributed by atoms with Crippen molar-refractivity contribution in [3.8, 4) is 0 Å². The highest BCUT2D eigenvalue weighted by molar-refractivity contribution is 7.89. The second-order valence-electron chi connectivity index (χ2n) is 4.86. The van der Waals surface area contributed by atoms with Crippen LogP contribution in [0.3, 0.4) is 0 Å². The SMILES string of the molecule is Cc1c(NC2CCCOCC2)cccc1S(N)(=O)=O. The summed E-state index contributed by atoms with van der Waals surface area (Å²) in [5, 5.41) is 8.61. The Kier molecular flexibility index (Phi) is 4.44. The highest BCUT2D eigenvalue weighted by Gasteiger charge is 2.17. The molecule has 106 valence electrons. The van der Waals surface area contributed by atoms with Crippen LogP contribution >= 0.6 is 0 Å². The van der Waals surface area contributed by atoms with E-state index >= 15 is 0 Å². The van der Waals surface area contributed by atoms with Gasteiger partial charge in [0.1, 0.15) is 0 Å². The minimum absolute atomic E-state index is 0.183. The molecule has 6 heteroatoms. The van der Waals surface area contributed by atoms with Gasteiger partial charge in [-0.15, -0.1) is 0 Å². The highest BCUT2D eigenvalue weighted by atomic mass is 32.2. The topological polar surface area (TPSA) is 81.4 Å². The Balaban J connectivity index is 2.21. The Bertz CT molecular complexity index is 535. The van der Waals surface area contributed by atoms with Gasteiger partial charge in [-0.3, -0.25) is 0 Å². The zero-order chi connectivity index (χ0) is 13.9. The standard InChI is InChI=1S/C13H20N2O3S/c1-10-12(5-2-6-13(10)19(14,16)17)15-11-4-3-8-18-9-7-11/h2,5-6,11,15H,3-4,7-9H2,1H3,(H2,14,16,17). The molecule has 1 aromatic rings. The Morgan fingerprint density at radius 2 is 2.11 bits per heavy atom. The third-order valence-electron chi connectivity index (χ3n) is 3.40. The van der Waals surface area contributed by atoms with E-state index in [1.165, 1.54) is 6.07 Å². The first-order valence-electron chi connectivity index (χ1n) is 6.45. The quantitative estimate of drug-likeness (QED) is 0.883. The van der Waals surface area contributed by atoms with Crippen molar-refractivity contribution in [2.75, 3.05) is 18.5 Å². The molecule has 0 aliphatic carbocycles. The van der Waals surface area contributed by atoms with Crippen LogP contribution in [0.25, 0.3) is 0 Å². The minimum atomic E-state index is -3.67. The highest BCUT2D eigenvalue weighted by Crippen LogP contribution is 2.24. The number of benzene rings is 1. The summed E-state index contributed by atoms with van der Waals surface area (Å²) in [5.41, 5.74) is 1.51. The van der Waals surface area contributed by atoms with Crippen LogP contribution < -0.4 is 10.5 Å². The molecule has 0 aromatic heterocycles. The molecule has 0 bridgehead atoms. The molecule has 3 N–H and O–H groups in total. The van der Waals surface area contributed by atoms with Crippen LogP contribution in [0.1, 0.15) is 24.8 Å².